The van der Waals surface area contributed by atoms with Crippen LogP contribution in [0, 0.1) is 6.92 Å². The molecule has 0 N–H and O–H groups in total. The van der Waals surface area contributed by atoms with Crippen molar-refractivity contribution in [3.63, 3.8) is 0 Å². The molecular formula is C18H30O4. The van der Waals surface area contributed by atoms with E-state index in [-0.39, 0.29) is 11.7 Å². The monoisotopic (exact) mass is 310 g/mol. The standard InChI is InChI=1S/C18H30O4/c1-7-10-11-14-15(13(6)22-17(14)12(4)5)16(19)18(20-8-2)21-9-3/h12,18H,7-11H2,1-6H3. The largest absolute Gasteiger partial charge is 0.465 e. The zero-order valence-corrected chi connectivity index (χ0v) is 14.8. The summed E-state index contributed by atoms with van der Waals surface area (Å²) >= 11 is 0. The maximum absolute atomic E-state index is 12.9. The van der Waals surface area contributed by atoms with Gasteiger partial charge in [0.2, 0.25) is 12.1 Å². The number of rotatable bonds is 10. The highest BCUT2D eigenvalue weighted by Crippen LogP contribution is 2.31. The smallest absolute Gasteiger partial charge is 0.222 e. The van der Waals surface area contributed by atoms with Crippen LogP contribution in [0.25, 0.3) is 0 Å². The highest BCUT2D eigenvalue weighted by molar-refractivity contribution is 6.01. The van der Waals surface area contributed by atoms with Gasteiger partial charge in [-0.15, -0.1) is 0 Å². The molecule has 0 spiro atoms. The quantitative estimate of drug-likeness (QED) is 0.467. The topological polar surface area (TPSA) is 48.7 Å². The third kappa shape index (κ3) is 4.43. The molecule has 1 aromatic heterocycles. The average molecular weight is 310 g/mol. The second-order valence-electron chi connectivity index (χ2n) is 5.74. The molecular weight excluding hydrogens is 280 g/mol. The minimum Gasteiger partial charge on any atom is -0.465 e. The number of ketones is 1. The molecule has 4 nitrogen and oxygen atoms in total. The van der Waals surface area contributed by atoms with E-state index in [1.807, 2.05) is 20.8 Å². The molecule has 0 saturated carbocycles. The molecule has 0 radical (unpaired) electrons. The Hall–Kier alpha value is -1.13. The van der Waals surface area contributed by atoms with Gasteiger partial charge >= 0.3 is 0 Å². The molecule has 1 rings (SSSR count). The predicted octanol–water partition coefficient (Wildman–Crippen LogP) is 4.64. The summed E-state index contributed by atoms with van der Waals surface area (Å²) in [4.78, 5) is 12.9. The number of unbranched alkanes of at least 4 members (excludes halogenated alkanes) is 1. The lowest BCUT2D eigenvalue weighted by Gasteiger charge is -2.16. The molecule has 0 atom stereocenters. The van der Waals surface area contributed by atoms with Crippen LogP contribution in [0.3, 0.4) is 0 Å². The molecule has 0 aromatic carbocycles. The first-order valence-corrected chi connectivity index (χ1v) is 8.37. The van der Waals surface area contributed by atoms with Crippen LogP contribution in [-0.4, -0.2) is 25.3 Å². The highest BCUT2D eigenvalue weighted by Gasteiger charge is 2.30. The van der Waals surface area contributed by atoms with Crippen molar-refractivity contribution in [3.8, 4) is 0 Å². The molecule has 1 aromatic rings. The van der Waals surface area contributed by atoms with Crippen molar-refractivity contribution in [1.29, 1.82) is 0 Å². The van der Waals surface area contributed by atoms with Gasteiger partial charge in [0, 0.05) is 24.7 Å². The minimum atomic E-state index is -0.841. The molecule has 0 bridgehead atoms. The van der Waals surface area contributed by atoms with Gasteiger partial charge in [0.1, 0.15) is 11.5 Å². The van der Waals surface area contributed by atoms with E-state index in [0.717, 1.165) is 30.6 Å². The normalized spacial score (nSPS) is 11.6. The van der Waals surface area contributed by atoms with E-state index >= 15 is 0 Å². The van der Waals surface area contributed by atoms with Crippen LogP contribution in [0.1, 0.15) is 80.8 Å². The summed E-state index contributed by atoms with van der Waals surface area (Å²) in [5, 5.41) is 0. The minimum absolute atomic E-state index is 0.122. The van der Waals surface area contributed by atoms with Crippen molar-refractivity contribution >= 4 is 5.78 Å². The Labute approximate surface area is 134 Å². The number of aryl methyl sites for hydroxylation is 1. The van der Waals surface area contributed by atoms with Gasteiger partial charge in [-0.2, -0.15) is 0 Å². The summed E-state index contributed by atoms with van der Waals surface area (Å²) < 4.78 is 16.8. The summed E-state index contributed by atoms with van der Waals surface area (Å²) in [5.41, 5.74) is 1.69. The maximum atomic E-state index is 12.9. The van der Waals surface area contributed by atoms with Gasteiger partial charge < -0.3 is 13.9 Å². The van der Waals surface area contributed by atoms with E-state index in [1.165, 1.54) is 0 Å². The van der Waals surface area contributed by atoms with E-state index in [9.17, 15) is 4.79 Å². The van der Waals surface area contributed by atoms with Crippen LogP contribution in [0.15, 0.2) is 4.42 Å². The molecule has 126 valence electrons. The molecule has 0 saturated heterocycles. The van der Waals surface area contributed by atoms with Gasteiger partial charge in [-0.3, -0.25) is 4.79 Å². The summed E-state index contributed by atoms with van der Waals surface area (Å²) in [7, 11) is 0. The Morgan fingerprint density at radius 1 is 1.14 bits per heavy atom. The molecule has 22 heavy (non-hydrogen) atoms. The van der Waals surface area contributed by atoms with Crippen molar-refractivity contribution in [2.75, 3.05) is 13.2 Å². The third-order valence-electron chi connectivity index (χ3n) is 3.62. The zero-order valence-electron chi connectivity index (χ0n) is 14.8. The number of ether oxygens (including phenoxy) is 2. The van der Waals surface area contributed by atoms with E-state index < -0.39 is 6.29 Å². The molecule has 4 heteroatoms. The molecule has 1 heterocycles. The Bertz CT molecular complexity index is 468. The van der Waals surface area contributed by atoms with Crippen molar-refractivity contribution < 1.29 is 18.7 Å². The average Bonchev–Trinajstić information content (AvgIpc) is 2.81. The van der Waals surface area contributed by atoms with Crippen LogP contribution >= 0.6 is 0 Å². The Kier molecular flexibility index (Phi) is 7.83. The van der Waals surface area contributed by atoms with Crippen molar-refractivity contribution in [2.24, 2.45) is 0 Å². The number of Topliss-reactive ketones (excluding diaryl/α,β-unsaturated/α-hetero) is 1. The first-order chi connectivity index (χ1) is 10.5. The van der Waals surface area contributed by atoms with Gasteiger partial charge in [-0.05, 0) is 33.6 Å². The number of carbonyl (C=O) groups excluding carboxylic acids is 1. The van der Waals surface area contributed by atoms with Crippen molar-refractivity contribution in [3.05, 3.63) is 22.6 Å². The highest BCUT2D eigenvalue weighted by atomic mass is 16.7. The first-order valence-electron chi connectivity index (χ1n) is 8.37. The second kappa shape index (κ2) is 9.11. The fourth-order valence-electron chi connectivity index (χ4n) is 2.62. The lowest BCUT2D eigenvalue weighted by Crippen LogP contribution is -2.28. The molecule has 0 aliphatic heterocycles. The van der Waals surface area contributed by atoms with Crippen molar-refractivity contribution in [1.82, 2.24) is 0 Å². The number of hydrogen-bond acceptors (Lipinski definition) is 4. The van der Waals surface area contributed by atoms with E-state index in [4.69, 9.17) is 13.9 Å². The number of carbonyl (C=O) groups is 1. The Morgan fingerprint density at radius 3 is 2.18 bits per heavy atom. The predicted molar refractivity (Wildman–Crippen MR) is 87.5 cm³/mol. The first kappa shape index (κ1) is 18.9. The summed E-state index contributed by atoms with van der Waals surface area (Å²) in [6.07, 6.45) is 2.13. The molecule has 0 aliphatic carbocycles. The van der Waals surface area contributed by atoms with Crippen molar-refractivity contribution in [2.45, 2.75) is 73.0 Å². The van der Waals surface area contributed by atoms with Crippen LogP contribution in [0.4, 0.5) is 0 Å². The molecule has 0 unspecified atom stereocenters. The van der Waals surface area contributed by atoms with Crippen LogP contribution in [-0.2, 0) is 15.9 Å². The maximum Gasteiger partial charge on any atom is 0.222 e. The second-order valence-corrected chi connectivity index (χ2v) is 5.74. The summed E-state index contributed by atoms with van der Waals surface area (Å²) in [6.45, 7) is 12.8. The van der Waals surface area contributed by atoms with E-state index in [1.54, 1.807) is 0 Å². The number of hydrogen-bond donors (Lipinski definition) is 0. The summed E-state index contributed by atoms with van der Waals surface area (Å²) in [5.74, 6) is 1.72. The van der Waals surface area contributed by atoms with Gasteiger partial charge in [0.15, 0.2) is 0 Å². The van der Waals surface area contributed by atoms with Gasteiger partial charge in [0.05, 0.1) is 5.56 Å². The fraction of sp³-hybridized carbons (Fsp3) is 0.722. The number of furan rings is 1. The molecule has 0 aliphatic rings. The van der Waals surface area contributed by atoms with Crippen LogP contribution in [0.2, 0.25) is 0 Å². The third-order valence-corrected chi connectivity index (χ3v) is 3.62. The van der Waals surface area contributed by atoms with Gasteiger partial charge in [0.25, 0.3) is 0 Å². The SMILES string of the molecule is CCCCc1c(C(C)C)oc(C)c1C(=O)C(OCC)OCC. The Morgan fingerprint density at radius 2 is 1.73 bits per heavy atom. The Balaban J connectivity index is 3.22. The van der Waals surface area contributed by atoms with E-state index in [0.29, 0.717) is 24.5 Å². The zero-order chi connectivity index (χ0) is 16.7. The lowest BCUT2D eigenvalue weighted by atomic mass is 9.95. The fourth-order valence-corrected chi connectivity index (χ4v) is 2.62. The van der Waals surface area contributed by atoms with E-state index in [2.05, 4.69) is 20.8 Å². The molecule has 0 fully saturated rings. The molecule has 0 amide bonds. The van der Waals surface area contributed by atoms with Gasteiger partial charge in [-0.25, -0.2) is 0 Å². The van der Waals surface area contributed by atoms with Crippen LogP contribution in [0.5, 0.6) is 0 Å². The summed E-state index contributed by atoms with van der Waals surface area (Å²) in [6, 6.07) is 0. The lowest BCUT2D eigenvalue weighted by molar-refractivity contribution is -0.107. The van der Waals surface area contributed by atoms with Gasteiger partial charge in [-0.1, -0.05) is 27.2 Å². The van der Waals surface area contributed by atoms with Crippen LogP contribution < -0.4 is 0 Å².